The van der Waals surface area contributed by atoms with Gasteiger partial charge in [0.1, 0.15) is 0 Å². The smallest absolute Gasteiger partial charge is 0.748 e. The number of hydrogen-bond acceptors (Lipinski definition) is 5. The van der Waals surface area contributed by atoms with E-state index >= 15 is 0 Å². The monoisotopic (exact) mass is 300 g/mol. The van der Waals surface area contributed by atoms with E-state index in [0.29, 0.717) is 0 Å². The van der Waals surface area contributed by atoms with Gasteiger partial charge in [0.15, 0.2) is 0 Å². The molecular weight excluding hydrogens is 283 g/mol. The summed E-state index contributed by atoms with van der Waals surface area (Å²) >= 11 is 0. The number of nitrogens with one attached hydrogen (secondary N) is 1. The molecule has 0 bridgehead atoms. The molecule has 0 aliphatic carbocycles. The molecule has 19 heavy (non-hydrogen) atoms. The van der Waals surface area contributed by atoms with Crippen molar-refractivity contribution in [1.82, 2.24) is 5.32 Å². The molecule has 0 saturated carbocycles. The summed E-state index contributed by atoms with van der Waals surface area (Å²) in [5.74, 6) is -0.966. The van der Waals surface area contributed by atoms with Crippen LogP contribution in [0.4, 0.5) is 0 Å². The molecule has 0 aromatic carbocycles. The average molecular weight is 300 g/mol. The van der Waals surface area contributed by atoms with E-state index in [1.807, 2.05) is 0 Å². The Morgan fingerprint density at radius 1 is 1.37 bits per heavy atom. The van der Waals surface area contributed by atoms with Gasteiger partial charge in [0.2, 0.25) is 11.8 Å². The third-order valence-corrected chi connectivity index (χ3v) is 3.07. The van der Waals surface area contributed by atoms with Crippen molar-refractivity contribution in [2.24, 2.45) is 5.73 Å². The summed E-state index contributed by atoms with van der Waals surface area (Å²) in [5, 5.41) is 1.19. The van der Waals surface area contributed by atoms with Crippen molar-refractivity contribution < 1.29 is 52.1 Å². The Kier molecular flexibility index (Phi) is 15.2. The van der Waals surface area contributed by atoms with Crippen LogP contribution in [0, 0.1) is 0 Å². The van der Waals surface area contributed by atoms with Gasteiger partial charge in [0.25, 0.3) is 0 Å². The van der Waals surface area contributed by atoms with E-state index in [1.54, 1.807) is 6.92 Å². The predicted octanol–water partition coefficient (Wildman–Crippen LogP) is -3.73. The van der Waals surface area contributed by atoms with E-state index in [-0.39, 0.29) is 42.5 Å². The first-order chi connectivity index (χ1) is 8.18. The summed E-state index contributed by atoms with van der Waals surface area (Å²) in [4.78, 5) is 20.1. The van der Waals surface area contributed by atoms with E-state index < -0.39 is 27.2 Å². The van der Waals surface area contributed by atoms with E-state index in [0.717, 1.165) is 12.2 Å². The number of rotatable bonds is 6. The second-order valence-corrected chi connectivity index (χ2v) is 4.73. The summed E-state index contributed by atoms with van der Waals surface area (Å²) in [6.45, 7) is 7.68. The fraction of sp³-hybridized carbons (Fsp3) is 0.400. The molecule has 0 radical (unpaired) electrons. The van der Waals surface area contributed by atoms with Crippen molar-refractivity contribution in [2.75, 3.05) is 6.54 Å². The Morgan fingerprint density at radius 2 is 1.79 bits per heavy atom. The van der Waals surface area contributed by atoms with Gasteiger partial charge in [0, 0.05) is 6.54 Å². The second kappa shape index (κ2) is 12.4. The molecule has 0 aromatic heterocycles. The summed E-state index contributed by atoms with van der Waals surface area (Å²) in [7, 11) is -4.32. The van der Waals surface area contributed by atoms with Crippen molar-refractivity contribution in [3.63, 3.8) is 0 Å². The van der Waals surface area contributed by atoms with Crippen LogP contribution in [0.3, 0.4) is 0 Å². The van der Waals surface area contributed by atoms with Crippen LogP contribution in [0.15, 0.2) is 25.3 Å². The minimum atomic E-state index is -4.32. The van der Waals surface area contributed by atoms with Gasteiger partial charge in [-0.3, -0.25) is 9.59 Å². The van der Waals surface area contributed by atoms with Crippen LogP contribution < -0.4 is 40.6 Å². The zero-order chi connectivity index (χ0) is 14.8. The van der Waals surface area contributed by atoms with Gasteiger partial charge in [-0.2, -0.15) is 0 Å². The van der Waals surface area contributed by atoms with Gasteiger partial charge in [0.05, 0.1) is 15.4 Å². The first-order valence-electron chi connectivity index (χ1n) is 4.95. The maximum atomic E-state index is 10.6. The molecule has 0 aliphatic heterocycles. The van der Waals surface area contributed by atoms with E-state index in [2.05, 4.69) is 24.2 Å². The zero-order valence-corrected chi connectivity index (χ0v) is 13.9. The minimum Gasteiger partial charge on any atom is -0.748 e. The van der Waals surface area contributed by atoms with Crippen LogP contribution in [0.5, 0.6) is 0 Å². The third kappa shape index (κ3) is 15.3. The van der Waals surface area contributed by atoms with Crippen LogP contribution in [-0.4, -0.2) is 36.6 Å². The van der Waals surface area contributed by atoms with Crippen molar-refractivity contribution >= 4 is 21.9 Å². The summed E-state index contributed by atoms with van der Waals surface area (Å²) in [5.41, 5.74) is 4.53. The Hall–Kier alpha value is -0.670. The van der Waals surface area contributed by atoms with E-state index in [4.69, 9.17) is 0 Å². The maximum Gasteiger partial charge on any atom is 1.00 e. The van der Waals surface area contributed by atoms with Crippen LogP contribution in [0.2, 0.25) is 0 Å². The van der Waals surface area contributed by atoms with E-state index in [1.165, 1.54) is 0 Å². The second-order valence-electron chi connectivity index (χ2n) is 3.08. The number of carbonyl (C=O) groups is 2. The molecule has 9 heteroatoms. The first kappa shape index (κ1) is 23.4. The molecule has 1 unspecified atom stereocenters. The summed E-state index contributed by atoms with van der Waals surface area (Å²) in [6.07, 6.45) is 2.26. The van der Waals surface area contributed by atoms with Gasteiger partial charge < -0.3 is 15.6 Å². The molecule has 3 N–H and O–H groups in total. The predicted molar refractivity (Wildman–Crippen MR) is 66.4 cm³/mol. The molecule has 104 valence electrons. The molecule has 0 aromatic rings. The first-order valence-corrected chi connectivity index (χ1v) is 6.43. The molecular formula is C10H17N2NaO5S. The molecule has 0 spiro atoms. The molecule has 0 fully saturated rings. The number of amides is 2. The van der Waals surface area contributed by atoms with Crippen LogP contribution in [-0.2, 0) is 19.7 Å². The topological polar surface area (TPSA) is 129 Å². The van der Waals surface area contributed by atoms with Crippen LogP contribution >= 0.6 is 0 Å². The molecule has 0 saturated heterocycles. The van der Waals surface area contributed by atoms with Crippen molar-refractivity contribution in [3.05, 3.63) is 25.3 Å². The maximum absolute atomic E-state index is 10.6. The summed E-state index contributed by atoms with van der Waals surface area (Å²) in [6, 6.07) is 0. The number of hydrogen-bond donors (Lipinski definition) is 2. The fourth-order valence-corrected chi connectivity index (χ4v) is 1.43. The molecule has 0 rings (SSSR count). The van der Waals surface area contributed by atoms with Gasteiger partial charge >= 0.3 is 29.6 Å². The Labute approximate surface area is 135 Å². The average Bonchev–Trinajstić information content (AvgIpc) is 2.28. The Balaban J connectivity index is -0.000000366. The van der Waals surface area contributed by atoms with E-state index in [9.17, 15) is 22.6 Å². The Bertz CT molecular complexity index is 408. The number of carbonyl (C=O) groups excluding carboxylic acids is 2. The molecule has 7 nitrogen and oxygen atoms in total. The van der Waals surface area contributed by atoms with Crippen LogP contribution in [0.25, 0.3) is 0 Å². The Morgan fingerprint density at radius 3 is 2.00 bits per heavy atom. The third-order valence-electron chi connectivity index (χ3n) is 1.75. The van der Waals surface area contributed by atoms with Gasteiger partial charge in [-0.25, -0.2) is 8.42 Å². The van der Waals surface area contributed by atoms with Gasteiger partial charge in [-0.1, -0.05) is 20.1 Å². The number of nitrogens with two attached hydrogens (primary N) is 1. The SMILES string of the molecule is C=CC(=O)NCC(CC)S(=O)(=O)[O-].C=CC(N)=O.[Na+]. The van der Waals surface area contributed by atoms with Crippen LogP contribution in [0.1, 0.15) is 13.3 Å². The molecule has 0 aliphatic rings. The fourth-order valence-electron chi connectivity index (χ4n) is 0.737. The quantitative estimate of drug-likeness (QED) is 0.296. The zero-order valence-electron chi connectivity index (χ0n) is 11.1. The van der Waals surface area contributed by atoms with Gasteiger partial charge in [-0.05, 0) is 18.6 Å². The molecule has 1 atom stereocenters. The normalized spacial score (nSPS) is 10.8. The minimum absolute atomic E-state index is 0. The molecule has 0 heterocycles. The standard InChI is InChI=1S/C7H13NO4S.C3H5NO.Na/c1-3-6(13(10,11)12)5-8-7(9)4-2;1-2-3(4)5;/h4,6H,2-3,5H2,1H3,(H,8,9)(H,10,11,12);2H,1H2,(H2,4,5);/q;;+1/p-1. The van der Waals surface area contributed by atoms with Gasteiger partial charge in [-0.15, -0.1) is 0 Å². The summed E-state index contributed by atoms with van der Waals surface area (Å²) < 4.78 is 31.6. The van der Waals surface area contributed by atoms with Crippen molar-refractivity contribution in [1.29, 1.82) is 0 Å². The van der Waals surface area contributed by atoms with Crippen molar-refractivity contribution in [2.45, 2.75) is 18.6 Å². The number of primary amides is 1. The largest absolute Gasteiger partial charge is 1.00 e. The molecule has 2 amide bonds. The van der Waals surface area contributed by atoms with Crippen molar-refractivity contribution in [3.8, 4) is 0 Å².